The number of fused-ring (bicyclic) bond motifs is 5. The lowest BCUT2D eigenvalue weighted by Crippen LogP contribution is -2.16. The molecule has 0 radical (unpaired) electrons. The number of ether oxygens (including phenoxy) is 5. The van der Waals surface area contributed by atoms with Crippen LogP contribution in [0.25, 0.3) is 70.9 Å². The van der Waals surface area contributed by atoms with Crippen LogP contribution in [0.15, 0.2) is 241 Å². The van der Waals surface area contributed by atoms with E-state index in [-0.39, 0.29) is 82.0 Å². The van der Waals surface area contributed by atoms with Crippen LogP contribution in [0, 0.1) is 4.77 Å². The van der Waals surface area contributed by atoms with Gasteiger partial charge in [0.25, 0.3) is 0 Å². The number of primary sulfonamides is 3. The largest absolute Gasteiger partial charge is 0.497 e. The number of halogens is 5. The number of H-pyrrole nitrogens is 1. The molecule has 0 bridgehead atoms. The van der Waals surface area contributed by atoms with Gasteiger partial charge in [0.05, 0.1) is 122 Å². The Bertz CT molecular complexity index is 8050. The van der Waals surface area contributed by atoms with Crippen molar-refractivity contribution in [3.8, 4) is 45.8 Å². The number of alkyl halides is 1. The van der Waals surface area contributed by atoms with Crippen molar-refractivity contribution >= 4 is 257 Å². The van der Waals surface area contributed by atoms with Gasteiger partial charge in [-0.1, -0.05) is 119 Å². The number of thiocarbonyl (C=S) groups is 1. The predicted molar refractivity (Wildman–Crippen MR) is 587 cm³/mol. The first-order valence-corrected chi connectivity index (χ1v) is 55.2. The van der Waals surface area contributed by atoms with Crippen LogP contribution < -0.4 is 72.3 Å². The molecule has 5 aliphatic carbocycles. The maximum absolute atomic E-state index is 12.7. The number of nitrogens with zero attached hydrogens (tertiary/aromatic N) is 9. The lowest BCUT2D eigenvalue weighted by molar-refractivity contribution is -0.114. The first-order valence-electron chi connectivity index (χ1n) is 45.3. The lowest BCUT2D eigenvalue weighted by Gasteiger charge is -2.15. The van der Waals surface area contributed by atoms with E-state index < -0.39 is 36.0 Å². The zero-order chi connectivity index (χ0) is 104. The molecule has 0 atom stereocenters. The SMILES string of the molecule is COc1ccc2c(C3CC3)ccc(-n3c(Br)nnc3SCC(=O)Nc3ccc(S(N)(=O)=O)cc3Cl)c2c1.COc1ccc2c(C3CC3)ccc(-n3c(N)n[nH]c3=S)c2c1.COc1ccc2c(C3CC3)ccc(-n3c(N)nnc3SCC(=O)Nc3ccc(S(N)(=O)=O)cc3Cl)c2c1.COc1ccc2c(C3CC3)ccc(N)c2c1.COc1ccc2c(C3CC3)ccc(N=C=S)c2c1.NS(=O)(=O)c1ccc(NC(=O)CCl)c(Cl)c1. The Hall–Kier alpha value is -12.5. The Morgan fingerprint density at radius 2 is 0.740 bits per heavy atom. The number of anilines is 6. The Morgan fingerprint density at radius 1 is 0.418 bits per heavy atom. The number of nitrogens with two attached hydrogens (primary N) is 6. The summed E-state index contributed by atoms with van der Waals surface area (Å²) in [4.78, 5) is 40.0. The van der Waals surface area contributed by atoms with Crippen LogP contribution in [0.3, 0.4) is 0 Å². The zero-order valence-electron chi connectivity index (χ0n) is 78.7. The van der Waals surface area contributed by atoms with Gasteiger partial charge in [-0.3, -0.25) is 28.1 Å². The monoisotopic (exact) mass is 2240 g/mol. The fourth-order valence-corrected chi connectivity index (χ4v) is 21.6. The van der Waals surface area contributed by atoms with Gasteiger partial charge in [0, 0.05) is 32.6 Å². The number of nitrogens with one attached hydrogen (secondary N) is 4. The number of aromatic amines is 1. The third-order valence-corrected chi connectivity index (χ3v) is 31.2. The number of carbonyl (C=O) groups excluding carboxylic acids is 3. The molecule has 5 fully saturated rings. The van der Waals surface area contributed by atoms with Crippen LogP contribution in [0.1, 0.15) is 122 Å². The number of rotatable bonds is 27. The number of benzene rings is 13. The molecule has 5 aliphatic rings. The highest BCUT2D eigenvalue weighted by Crippen LogP contribution is 2.51. The van der Waals surface area contributed by atoms with Crippen LogP contribution in [-0.2, 0) is 44.5 Å². The Balaban J connectivity index is 0.000000130. The number of hydrogen-bond donors (Lipinski definition) is 10. The molecule has 3 aromatic heterocycles. The summed E-state index contributed by atoms with van der Waals surface area (Å²) in [5.74, 6) is 6.38. The van der Waals surface area contributed by atoms with Crippen molar-refractivity contribution in [1.29, 1.82) is 0 Å². The van der Waals surface area contributed by atoms with E-state index in [0.29, 0.717) is 55.2 Å². The van der Waals surface area contributed by atoms with Crippen molar-refractivity contribution in [3.63, 3.8) is 0 Å². The number of thioether (sulfide) groups is 2. The second-order valence-electron chi connectivity index (χ2n) is 34.5. The minimum absolute atomic E-state index is 0.0137. The summed E-state index contributed by atoms with van der Waals surface area (Å²) in [5, 5.41) is 61.1. The van der Waals surface area contributed by atoms with Crippen molar-refractivity contribution < 1.29 is 63.3 Å². The zero-order valence-corrected chi connectivity index (χ0v) is 89.0. The molecule has 3 heterocycles. The van der Waals surface area contributed by atoms with Crippen molar-refractivity contribution in [1.82, 2.24) is 44.3 Å². The minimum Gasteiger partial charge on any atom is -0.497 e. The highest BCUT2D eigenvalue weighted by Gasteiger charge is 2.33. The molecular weight excluding hydrogens is 2150 g/mol. The standard InChI is InChI=1S/C24H21BrClN5O4S2.C24H23ClN6O4S2.C16H16N4OS.C15H13NOS.C14H15NO.C8H8Cl2N2O3S/c1-35-14-4-6-17-16(13-2-3-13)7-9-21(18(17)10-14)31-23(25)29-30-24(31)36-12-22(32)28-20-8-5-15(11-19(20)26)37(27,33)34;1-35-14-4-6-17-16(13-2-3-13)7-9-21(18(17)10-14)31-23(26)29-30-24(31)36-12-22(32)28-20-8-5-15(11-19(20)25)37(27,33)34;1-21-10-4-5-12-11(9-2-3-9)6-7-14(13(12)8-10)20-15(17)18-19-16(20)22;1-17-11-4-5-13-12(10-2-3-10)6-7-15(16-9-18)14(13)8-11;1-16-10-4-5-12-11(9-2-3-9)6-7-14(15)13(12)8-10;9-4-8(13)12-7-2-1-5(3-6(7)10)16(11,14)15/h4-11,13H,2-3,12H2,1H3,(H,28,32)(H2,27,33,34);4-11,13H,2-3,12H2,1H3,(H2,26,29)(H,28,32)(H2,27,33,34);4-9H,2-3H2,1H3,(H2,17,18)(H,19,22);4-8,10H,2-3H2,1H3;4-9H,2-3,15H2,1H3;1-3H,4H2,(H,12,13)(H2,11,14,15). The van der Waals surface area contributed by atoms with Crippen LogP contribution in [0.4, 0.5) is 40.3 Å². The van der Waals surface area contributed by atoms with E-state index in [1.165, 1.54) is 168 Å². The maximum Gasteiger partial charge on any atom is 0.239 e. The van der Waals surface area contributed by atoms with Crippen molar-refractivity contribution in [2.75, 3.05) is 86.1 Å². The van der Waals surface area contributed by atoms with Crippen LogP contribution in [-0.4, -0.2) is 145 Å². The first kappa shape index (κ1) is 106. The number of aromatic nitrogens is 9. The van der Waals surface area contributed by atoms with Gasteiger partial charge in [-0.25, -0.2) is 45.8 Å². The molecule has 13 aromatic carbocycles. The molecule has 0 aliphatic heterocycles. The van der Waals surface area contributed by atoms with Crippen LogP contribution in [0.2, 0.25) is 15.1 Å². The quantitative estimate of drug-likeness (QED) is 0.00751. The average molecular weight is 2250 g/mol. The first-order chi connectivity index (χ1) is 70.0. The fraction of sp³-hybridized carbons (Fsp3) is 0.228. The van der Waals surface area contributed by atoms with Gasteiger partial charge in [0.1, 0.15) is 34.6 Å². The number of aliphatic imine (C=N–C) groups is 1. The second-order valence-corrected chi connectivity index (χ2v) is 43.8. The molecule has 16 aromatic rings. The third-order valence-electron chi connectivity index (χ3n) is 24.6. The van der Waals surface area contributed by atoms with Crippen LogP contribution >= 0.6 is 110 Å². The molecule has 0 saturated heterocycles. The van der Waals surface area contributed by atoms with E-state index in [1.807, 2.05) is 89.5 Å². The average Bonchev–Trinajstić information content (AvgIpc) is 1.50. The number of methoxy groups -OCH3 is 5. The number of carbonyl (C=O) groups is 3. The van der Waals surface area contributed by atoms with Crippen molar-refractivity contribution in [2.24, 2.45) is 20.4 Å². The van der Waals surface area contributed by atoms with Crippen molar-refractivity contribution in [3.05, 3.63) is 259 Å². The summed E-state index contributed by atoms with van der Waals surface area (Å²) in [5.41, 5.74) is 30.1. The van der Waals surface area contributed by atoms with E-state index in [9.17, 15) is 39.6 Å². The summed E-state index contributed by atoms with van der Waals surface area (Å²) >= 11 is 39.2. The summed E-state index contributed by atoms with van der Waals surface area (Å²) < 4.78 is 101. The molecule has 5 saturated carbocycles. The third kappa shape index (κ3) is 25.3. The number of isothiocyanates is 1. The smallest absolute Gasteiger partial charge is 0.239 e. The normalized spacial score (nSPS) is 13.7. The molecule has 0 unspecified atom stereocenters. The fourth-order valence-electron chi connectivity index (χ4n) is 16.7. The van der Waals surface area contributed by atoms with Crippen LogP contribution in [0.5, 0.6) is 28.7 Å². The molecular formula is C101H96BrCl4N19O14S7. The summed E-state index contributed by atoms with van der Waals surface area (Å²) in [6.45, 7) is 0. The van der Waals surface area contributed by atoms with E-state index in [2.05, 4.69) is 139 Å². The number of amides is 3. The summed E-state index contributed by atoms with van der Waals surface area (Å²) in [6.07, 6.45) is 12.4. The van der Waals surface area contributed by atoms with E-state index in [0.717, 1.165) is 113 Å². The van der Waals surface area contributed by atoms with Gasteiger partial charge in [-0.2, -0.15) is 4.99 Å². The predicted octanol–water partition coefficient (Wildman–Crippen LogP) is 21.5. The maximum atomic E-state index is 12.7. The lowest BCUT2D eigenvalue weighted by atomic mass is 9.99. The molecule has 33 nitrogen and oxygen atoms in total. The second kappa shape index (κ2) is 45.9. The molecule has 146 heavy (non-hydrogen) atoms. The Labute approximate surface area is 887 Å². The van der Waals surface area contributed by atoms with Crippen molar-refractivity contribution in [2.45, 2.75) is 119 Å². The Kier molecular flexibility index (Phi) is 33.4. The number of sulfonamides is 3. The molecule has 45 heteroatoms. The number of nitrogen functional groups attached to an aromatic ring is 3. The van der Waals surface area contributed by atoms with Gasteiger partial charge in [0.15, 0.2) is 10.3 Å². The number of hydrogen-bond acceptors (Lipinski definition) is 27. The summed E-state index contributed by atoms with van der Waals surface area (Å²) in [6, 6.07) is 62.7. The van der Waals surface area contributed by atoms with E-state index >= 15 is 0 Å². The van der Waals surface area contributed by atoms with Gasteiger partial charge in [-0.05, 0) is 335 Å². The van der Waals surface area contributed by atoms with E-state index in [4.69, 9.17) is 127 Å². The topological polar surface area (TPSA) is 499 Å². The highest BCUT2D eigenvalue weighted by molar-refractivity contribution is 9.10. The molecule has 756 valence electrons. The van der Waals surface area contributed by atoms with Gasteiger partial charge in [-0.15, -0.1) is 37.1 Å². The van der Waals surface area contributed by atoms with E-state index in [1.54, 1.807) is 44.7 Å². The van der Waals surface area contributed by atoms with Gasteiger partial charge >= 0.3 is 0 Å². The molecule has 21 rings (SSSR count). The summed E-state index contributed by atoms with van der Waals surface area (Å²) in [7, 11) is -3.33. The van der Waals surface area contributed by atoms with Gasteiger partial charge < -0.3 is 56.8 Å². The molecule has 3 amide bonds. The Morgan fingerprint density at radius 3 is 1.08 bits per heavy atom. The molecule has 16 N–H and O–H groups in total. The highest BCUT2D eigenvalue weighted by atomic mass is 79.9. The molecule has 0 spiro atoms. The minimum atomic E-state index is -3.91. The van der Waals surface area contributed by atoms with Gasteiger partial charge in [0.2, 0.25) is 69.2 Å².